The van der Waals surface area contributed by atoms with Gasteiger partial charge in [0.1, 0.15) is 5.75 Å². The number of hydrogen-bond acceptors (Lipinski definition) is 1. The van der Waals surface area contributed by atoms with Crippen LogP contribution in [-0.2, 0) is 6.42 Å². The van der Waals surface area contributed by atoms with E-state index in [9.17, 15) is 0 Å². The molecule has 1 aromatic rings. The molecule has 0 unspecified atom stereocenters. The number of ether oxygens (including phenoxy) is 1. The summed E-state index contributed by atoms with van der Waals surface area (Å²) < 4.78 is 5.25. The second-order valence-corrected chi connectivity index (χ2v) is 3.95. The summed E-state index contributed by atoms with van der Waals surface area (Å²) in [4.78, 5) is 0. The maximum Gasteiger partial charge on any atom is 0.119 e. The highest BCUT2D eigenvalue weighted by Gasteiger charge is 2.04. The van der Waals surface area contributed by atoms with Crippen LogP contribution in [0.4, 0.5) is 0 Å². The van der Waals surface area contributed by atoms with Crippen LogP contribution < -0.4 is 4.74 Å². The topological polar surface area (TPSA) is 9.23 Å². The molecule has 1 nitrogen and oxygen atoms in total. The normalized spacial score (nSPS) is 9.50. The Hall–Kier alpha value is -1.42. The second kappa shape index (κ2) is 6.23. The van der Waals surface area contributed by atoms with Crippen molar-refractivity contribution in [2.45, 2.75) is 40.0 Å². The molecule has 0 aliphatic heterocycles. The zero-order chi connectivity index (χ0) is 12.0. The molecule has 0 fully saturated rings. The molecule has 0 atom stereocenters. The van der Waals surface area contributed by atoms with Crippen LogP contribution in [-0.4, -0.2) is 7.11 Å². The van der Waals surface area contributed by atoms with Crippen LogP contribution in [0.1, 0.15) is 36.5 Å². The molecule has 0 saturated heterocycles. The molecule has 0 aliphatic rings. The predicted molar refractivity (Wildman–Crippen MR) is 68.9 cm³/mol. The minimum absolute atomic E-state index is 0.943. The lowest BCUT2D eigenvalue weighted by Crippen LogP contribution is -1.95. The van der Waals surface area contributed by atoms with Gasteiger partial charge in [-0.15, -0.1) is 11.8 Å². The standard InChI is InChI=1S/C15H20O/c1-5-6-7-8-9-15-12(2)10-14(16-4)11-13(15)3/h10-11H,5,8-9H2,1-4H3. The molecule has 0 bridgehead atoms. The molecule has 0 heterocycles. The van der Waals surface area contributed by atoms with E-state index in [0.717, 1.165) is 25.0 Å². The van der Waals surface area contributed by atoms with Crippen LogP contribution in [0.5, 0.6) is 5.75 Å². The highest BCUT2D eigenvalue weighted by molar-refractivity contribution is 5.41. The predicted octanol–water partition coefficient (Wildman–Crippen LogP) is 3.66. The molecule has 16 heavy (non-hydrogen) atoms. The van der Waals surface area contributed by atoms with E-state index in [-0.39, 0.29) is 0 Å². The minimum Gasteiger partial charge on any atom is -0.497 e. The third-order valence-corrected chi connectivity index (χ3v) is 2.71. The van der Waals surface area contributed by atoms with E-state index < -0.39 is 0 Å². The lowest BCUT2D eigenvalue weighted by atomic mass is 9.98. The van der Waals surface area contributed by atoms with Crippen molar-refractivity contribution in [3.05, 3.63) is 28.8 Å². The summed E-state index contributed by atoms with van der Waals surface area (Å²) in [6, 6.07) is 4.19. The molecule has 0 saturated carbocycles. The summed E-state index contributed by atoms with van der Waals surface area (Å²) >= 11 is 0. The van der Waals surface area contributed by atoms with Gasteiger partial charge in [0.25, 0.3) is 0 Å². The van der Waals surface area contributed by atoms with E-state index in [1.807, 2.05) is 0 Å². The van der Waals surface area contributed by atoms with Crippen LogP contribution in [0.25, 0.3) is 0 Å². The van der Waals surface area contributed by atoms with E-state index in [4.69, 9.17) is 4.74 Å². The van der Waals surface area contributed by atoms with Crippen LogP contribution in [0, 0.1) is 25.7 Å². The number of methoxy groups -OCH3 is 1. The van der Waals surface area contributed by atoms with Gasteiger partial charge in [0.05, 0.1) is 7.11 Å². The van der Waals surface area contributed by atoms with Gasteiger partial charge in [-0.1, -0.05) is 6.92 Å². The minimum atomic E-state index is 0.943. The first-order valence-electron chi connectivity index (χ1n) is 5.78. The van der Waals surface area contributed by atoms with Gasteiger partial charge in [-0.2, -0.15) is 0 Å². The third-order valence-electron chi connectivity index (χ3n) is 2.71. The first-order chi connectivity index (χ1) is 7.69. The van der Waals surface area contributed by atoms with E-state index in [1.54, 1.807) is 7.11 Å². The number of benzene rings is 1. The van der Waals surface area contributed by atoms with Gasteiger partial charge in [-0.25, -0.2) is 0 Å². The van der Waals surface area contributed by atoms with Crippen molar-refractivity contribution in [3.63, 3.8) is 0 Å². The summed E-state index contributed by atoms with van der Waals surface area (Å²) in [6.45, 7) is 6.35. The smallest absolute Gasteiger partial charge is 0.119 e. The number of aryl methyl sites for hydroxylation is 2. The molecule has 86 valence electrons. The monoisotopic (exact) mass is 216 g/mol. The maximum absolute atomic E-state index is 5.25. The van der Waals surface area contributed by atoms with Gasteiger partial charge in [-0.05, 0) is 49.1 Å². The van der Waals surface area contributed by atoms with Crippen molar-refractivity contribution in [1.82, 2.24) is 0 Å². The Morgan fingerprint density at radius 3 is 2.25 bits per heavy atom. The van der Waals surface area contributed by atoms with Crippen molar-refractivity contribution in [3.8, 4) is 17.6 Å². The summed E-state index contributed by atoms with van der Waals surface area (Å²) in [5.41, 5.74) is 4.01. The fourth-order valence-corrected chi connectivity index (χ4v) is 1.87. The highest BCUT2D eigenvalue weighted by Crippen LogP contribution is 2.22. The summed E-state index contributed by atoms with van der Waals surface area (Å²) in [5, 5.41) is 0. The molecule has 0 aliphatic carbocycles. The van der Waals surface area contributed by atoms with E-state index in [1.165, 1.54) is 16.7 Å². The largest absolute Gasteiger partial charge is 0.497 e. The Labute approximate surface area is 98.8 Å². The average molecular weight is 216 g/mol. The van der Waals surface area contributed by atoms with Gasteiger partial charge >= 0.3 is 0 Å². The van der Waals surface area contributed by atoms with Crippen molar-refractivity contribution in [2.24, 2.45) is 0 Å². The van der Waals surface area contributed by atoms with Crippen LogP contribution in [0.2, 0.25) is 0 Å². The Bertz CT molecular complexity index is 384. The first kappa shape index (κ1) is 12.6. The van der Waals surface area contributed by atoms with Crippen molar-refractivity contribution < 1.29 is 4.74 Å². The first-order valence-corrected chi connectivity index (χ1v) is 5.78. The molecule has 1 rings (SSSR count). The quantitative estimate of drug-likeness (QED) is 0.701. The van der Waals surface area contributed by atoms with Crippen molar-refractivity contribution in [2.75, 3.05) is 7.11 Å². The molecule has 1 heteroatoms. The lowest BCUT2D eigenvalue weighted by Gasteiger charge is -2.10. The molecule has 0 spiro atoms. The molecule has 0 aromatic heterocycles. The van der Waals surface area contributed by atoms with E-state index in [2.05, 4.69) is 44.7 Å². The van der Waals surface area contributed by atoms with E-state index in [0.29, 0.717) is 0 Å². The summed E-state index contributed by atoms with van der Waals surface area (Å²) in [7, 11) is 1.71. The SMILES string of the molecule is CCC#CCCc1c(C)cc(OC)cc1C. The van der Waals surface area contributed by atoms with Gasteiger partial charge in [0, 0.05) is 12.8 Å². The fraction of sp³-hybridized carbons (Fsp3) is 0.467. The second-order valence-electron chi connectivity index (χ2n) is 3.95. The number of hydrogen-bond donors (Lipinski definition) is 0. The fourth-order valence-electron chi connectivity index (χ4n) is 1.87. The maximum atomic E-state index is 5.25. The van der Waals surface area contributed by atoms with Gasteiger partial charge in [0.15, 0.2) is 0 Å². The Kier molecular flexibility index (Phi) is 4.92. The van der Waals surface area contributed by atoms with Gasteiger partial charge < -0.3 is 4.74 Å². The lowest BCUT2D eigenvalue weighted by molar-refractivity contribution is 0.414. The van der Waals surface area contributed by atoms with Crippen LogP contribution in [0.3, 0.4) is 0 Å². The molecular weight excluding hydrogens is 196 g/mol. The molecular formula is C15H20O. The highest BCUT2D eigenvalue weighted by atomic mass is 16.5. The van der Waals surface area contributed by atoms with Gasteiger partial charge in [-0.3, -0.25) is 0 Å². The Morgan fingerprint density at radius 2 is 1.75 bits per heavy atom. The summed E-state index contributed by atoms with van der Waals surface area (Å²) in [6.07, 6.45) is 2.93. The number of rotatable bonds is 3. The average Bonchev–Trinajstić information content (AvgIpc) is 2.26. The van der Waals surface area contributed by atoms with Crippen molar-refractivity contribution >= 4 is 0 Å². The van der Waals surface area contributed by atoms with Crippen LogP contribution >= 0.6 is 0 Å². The zero-order valence-corrected chi connectivity index (χ0v) is 10.7. The Balaban J connectivity index is 2.80. The zero-order valence-electron chi connectivity index (χ0n) is 10.7. The van der Waals surface area contributed by atoms with Crippen LogP contribution in [0.15, 0.2) is 12.1 Å². The molecule has 0 N–H and O–H groups in total. The van der Waals surface area contributed by atoms with E-state index >= 15 is 0 Å². The van der Waals surface area contributed by atoms with Gasteiger partial charge in [0.2, 0.25) is 0 Å². The summed E-state index contributed by atoms with van der Waals surface area (Å²) in [5.74, 6) is 7.23. The van der Waals surface area contributed by atoms with Crippen molar-refractivity contribution in [1.29, 1.82) is 0 Å². The molecule has 1 aromatic carbocycles. The third kappa shape index (κ3) is 3.31. The molecule has 0 amide bonds. The molecule has 0 radical (unpaired) electrons. The Morgan fingerprint density at radius 1 is 1.12 bits per heavy atom.